The molecule has 0 aliphatic heterocycles. The number of benzene rings is 2. The van der Waals surface area contributed by atoms with Crippen molar-refractivity contribution in [2.24, 2.45) is 0 Å². The van der Waals surface area contributed by atoms with Crippen LogP contribution in [0.5, 0.6) is 0 Å². The van der Waals surface area contributed by atoms with Crippen LogP contribution < -0.4 is 10.2 Å². The van der Waals surface area contributed by atoms with Gasteiger partial charge in [-0.2, -0.15) is 4.73 Å². The molecule has 6 heteroatoms. The molecule has 0 fully saturated rings. The zero-order valence-corrected chi connectivity index (χ0v) is 14.7. The van der Waals surface area contributed by atoms with Crippen molar-refractivity contribution in [3.8, 4) is 0 Å². The van der Waals surface area contributed by atoms with E-state index >= 15 is 0 Å². The Labute approximate surface area is 151 Å². The van der Waals surface area contributed by atoms with Gasteiger partial charge in [-0.15, -0.1) is 0 Å². The Bertz CT molecular complexity index is 946. The molecule has 1 N–H and O–H groups in total. The van der Waals surface area contributed by atoms with Gasteiger partial charge in [0.15, 0.2) is 0 Å². The van der Waals surface area contributed by atoms with Crippen molar-refractivity contribution in [2.75, 3.05) is 19.5 Å². The fourth-order valence-corrected chi connectivity index (χ4v) is 2.91. The first kappa shape index (κ1) is 17.5. The second kappa shape index (κ2) is 7.74. The van der Waals surface area contributed by atoms with Crippen molar-refractivity contribution >= 4 is 28.5 Å². The van der Waals surface area contributed by atoms with Crippen molar-refractivity contribution in [2.45, 2.75) is 12.8 Å². The molecule has 0 spiro atoms. The average Bonchev–Trinajstić information content (AvgIpc) is 3.04. The monoisotopic (exact) mass is 352 g/mol. The van der Waals surface area contributed by atoms with Crippen molar-refractivity contribution in [1.29, 1.82) is 0 Å². The molecule has 26 heavy (non-hydrogen) atoms. The molecule has 134 valence electrons. The van der Waals surface area contributed by atoms with Crippen LogP contribution in [0.25, 0.3) is 10.9 Å². The molecule has 0 bridgehead atoms. The van der Waals surface area contributed by atoms with Gasteiger partial charge in [-0.3, -0.25) is 4.79 Å². The molecule has 0 saturated heterocycles. The van der Waals surface area contributed by atoms with Crippen LogP contribution in [-0.4, -0.2) is 30.8 Å². The molecular formula is C20H20N2O4. The average molecular weight is 352 g/mol. The number of aromatic nitrogens is 1. The number of amides is 1. The van der Waals surface area contributed by atoms with Crippen LogP contribution in [0.4, 0.5) is 5.69 Å². The fourth-order valence-electron chi connectivity index (χ4n) is 2.91. The molecule has 0 aliphatic rings. The number of methoxy groups -OCH3 is 1. The first-order valence-electron chi connectivity index (χ1n) is 8.24. The van der Waals surface area contributed by atoms with E-state index in [1.54, 1.807) is 36.1 Å². The summed E-state index contributed by atoms with van der Waals surface area (Å²) in [6, 6.07) is 14.7. The summed E-state index contributed by atoms with van der Waals surface area (Å²) in [5.74, 6) is -0.653. The molecule has 0 radical (unpaired) electrons. The highest BCUT2D eigenvalue weighted by Crippen LogP contribution is 2.22. The minimum absolute atomic E-state index is 0.171. The molecule has 3 aromatic rings. The van der Waals surface area contributed by atoms with Crippen LogP contribution >= 0.6 is 0 Å². The van der Waals surface area contributed by atoms with E-state index < -0.39 is 5.97 Å². The maximum absolute atomic E-state index is 12.4. The third-order valence-corrected chi connectivity index (χ3v) is 4.19. The maximum atomic E-state index is 12.4. The number of para-hydroxylation sites is 2. The molecule has 0 unspecified atom stereocenters. The van der Waals surface area contributed by atoms with Gasteiger partial charge in [0.05, 0.1) is 23.9 Å². The Morgan fingerprint density at radius 1 is 1.04 bits per heavy atom. The number of ether oxygens (including phenoxy) is 1. The normalized spacial score (nSPS) is 10.5. The summed E-state index contributed by atoms with van der Waals surface area (Å²) in [4.78, 5) is 29.5. The number of esters is 1. The van der Waals surface area contributed by atoms with Gasteiger partial charge in [0, 0.05) is 18.0 Å². The SMILES string of the molecule is COC(=O)c1ccccc1NC(=O)CCc1cn(OC)c2ccccc12. The highest BCUT2D eigenvalue weighted by molar-refractivity contribution is 6.01. The lowest BCUT2D eigenvalue weighted by atomic mass is 10.1. The van der Waals surface area contributed by atoms with E-state index in [4.69, 9.17) is 9.57 Å². The predicted molar refractivity (Wildman–Crippen MR) is 99.2 cm³/mol. The van der Waals surface area contributed by atoms with Gasteiger partial charge < -0.3 is 14.9 Å². The summed E-state index contributed by atoms with van der Waals surface area (Å²) in [6.45, 7) is 0. The fraction of sp³-hybridized carbons (Fsp3) is 0.200. The highest BCUT2D eigenvalue weighted by atomic mass is 16.6. The molecule has 0 saturated carbocycles. The van der Waals surface area contributed by atoms with Crippen LogP contribution in [0.3, 0.4) is 0 Å². The van der Waals surface area contributed by atoms with E-state index in [-0.39, 0.29) is 12.3 Å². The van der Waals surface area contributed by atoms with E-state index in [1.807, 2.05) is 30.5 Å². The zero-order chi connectivity index (χ0) is 18.5. The van der Waals surface area contributed by atoms with Gasteiger partial charge in [0.1, 0.15) is 7.11 Å². The number of nitrogens with zero attached hydrogens (tertiary/aromatic N) is 1. The van der Waals surface area contributed by atoms with Gasteiger partial charge >= 0.3 is 5.97 Å². The molecular weight excluding hydrogens is 332 g/mol. The van der Waals surface area contributed by atoms with E-state index in [0.717, 1.165) is 16.5 Å². The van der Waals surface area contributed by atoms with Crippen LogP contribution in [0, 0.1) is 0 Å². The third-order valence-electron chi connectivity index (χ3n) is 4.19. The molecule has 1 aromatic heterocycles. The number of fused-ring (bicyclic) bond motifs is 1. The lowest BCUT2D eigenvalue weighted by Crippen LogP contribution is -2.15. The van der Waals surface area contributed by atoms with E-state index in [9.17, 15) is 9.59 Å². The number of hydrogen-bond donors (Lipinski definition) is 1. The number of carbonyl (C=O) groups is 2. The van der Waals surface area contributed by atoms with Crippen LogP contribution in [0.1, 0.15) is 22.3 Å². The van der Waals surface area contributed by atoms with Gasteiger partial charge in [-0.1, -0.05) is 30.3 Å². The number of nitrogens with one attached hydrogen (secondary N) is 1. The smallest absolute Gasteiger partial charge is 0.339 e. The first-order chi connectivity index (χ1) is 12.6. The quantitative estimate of drug-likeness (QED) is 0.692. The van der Waals surface area contributed by atoms with Gasteiger partial charge in [0.25, 0.3) is 0 Å². The Balaban J connectivity index is 1.72. The van der Waals surface area contributed by atoms with Gasteiger partial charge in [-0.05, 0) is 30.2 Å². The molecule has 6 nitrogen and oxygen atoms in total. The minimum atomic E-state index is -0.482. The number of carbonyl (C=O) groups excluding carboxylic acids is 2. The summed E-state index contributed by atoms with van der Waals surface area (Å²) in [7, 11) is 2.92. The topological polar surface area (TPSA) is 69.6 Å². The third kappa shape index (κ3) is 3.54. The molecule has 0 aliphatic carbocycles. The largest absolute Gasteiger partial charge is 0.465 e. The van der Waals surface area contributed by atoms with Crippen molar-refractivity contribution in [1.82, 2.24) is 4.73 Å². The Morgan fingerprint density at radius 2 is 1.77 bits per heavy atom. The number of rotatable bonds is 6. The highest BCUT2D eigenvalue weighted by Gasteiger charge is 2.14. The van der Waals surface area contributed by atoms with Crippen LogP contribution in [-0.2, 0) is 16.0 Å². The van der Waals surface area contributed by atoms with Gasteiger partial charge in [0.2, 0.25) is 5.91 Å². The lowest BCUT2D eigenvalue weighted by Gasteiger charge is -2.09. The van der Waals surface area contributed by atoms with E-state index in [1.165, 1.54) is 7.11 Å². The second-order valence-corrected chi connectivity index (χ2v) is 5.77. The molecule has 1 heterocycles. The summed E-state index contributed by atoms with van der Waals surface area (Å²) in [6.07, 6.45) is 2.73. The van der Waals surface area contributed by atoms with Crippen LogP contribution in [0.15, 0.2) is 54.7 Å². The Kier molecular flexibility index (Phi) is 5.22. The molecule has 2 aromatic carbocycles. The van der Waals surface area contributed by atoms with Crippen molar-refractivity contribution in [3.05, 3.63) is 65.9 Å². The molecule has 1 amide bonds. The van der Waals surface area contributed by atoms with E-state index in [2.05, 4.69) is 5.32 Å². The summed E-state index contributed by atoms with van der Waals surface area (Å²) in [5, 5.41) is 3.84. The summed E-state index contributed by atoms with van der Waals surface area (Å²) >= 11 is 0. The Hall–Kier alpha value is -3.28. The van der Waals surface area contributed by atoms with E-state index in [0.29, 0.717) is 17.7 Å². The second-order valence-electron chi connectivity index (χ2n) is 5.77. The first-order valence-corrected chi connectivity index (χ1v) is 8.24. The summed E-state index contributed by atoms with van der Waals surface area (Å²) < 4.78 is 6.43. The standard InChI is InChI=1S/C20H20N2O4/c1-25-20(24)16-8-3-5-9-17(16)21-19(23)12-11-14-13-22(26-2)18-10-6-4-7-15(14)18/h3-10,13H,11-12H2,1-2H3,(H,21,23). The molecule has 0 atom stereocenters. The zero-order valence-electron chi connectivity index (χ0n) is 14.7. The summed E-state index contributed by atoms with van der Waals surface area (Å²) in [5.41, 5.74) is 2.77. The molecule has 3 rings (SSSR count). The number of anilines is 1. The Morgan fingerprint density at radius 3 is 2.54 bits per heavy atom. The maximum Gasteiger partial charge on any atom is 0.339 e. The number of hydrogen-bond acceptors (Lipinski definition) is 4. The predicted octanol–water partition coefficient (Wildman–Crippen LogP) is 3.06. The van der Waals surface area contributed by atoms with Crippen molar-refractivity contribution in [3.63, 3.8) is 0 Å². The minimum Gasteiger partial charge on any atom is -0.465 e. The van der Waals surface area contributed by atoms with Crippen LogP contribution in [0.2, 0.25) is 0 Å². The van der Waals surface area contributed by atoms with Gasteiger partial charge in [-0.25, -0.2) is 4.79 Å². The van der Waals surface area contributed by atoms with Crippen molar-refractivity contribution < 1.29 is 19.2 Å². The lowest BCUT2D eigenvalue weighted by molar-refractivity contribution is -0.116. The number of aryl methyl sites for hydroxylation is 1.